The molecule has 0 spiro atoms. The first kappa shape index (κ1) is 20.6. The number of benzene rings is 3. The fraction of sp³-hybridized carbons (Fsp3) is 0.0500. The number of sulfonamides is 1. The van der Waals surface area contributed by atoms with Gasteiger partial charge in [-0.05, 0) is 61.7 Å². The molecule has 0 fully saturated rings. The predicted octanol–water partition coefficient (Wildman–Crippen LogP) is 4.91. The molecule has 1 amide bonds. The van der Waals surface area contributed by atoms with E-state index < -0.39 is 15.9 Å². The van der Waals surface area contributed by atoms with Crippen molar-refractivity contribution in [3.63, 3.8) is 0 Å². The minimum Gasteiger partial charge on any atom is -0.487 e. The van der Waals surface area contributed by atoms with Gasteiger partial charge in [-0.25, -0.2) is 13.1 Å². The van der Waals surface area contributed by atoms with Gasteiger partial charge in [0.15, 0.2) is 0 Å². The van der Waals surface area contributed by atoms with Crippen LogP contribution in [-0.4, -0.2) is 14.3 Å². The van der Waals surface area contributed by atoms with Crippen LogP contribution in [0.3, 0.4) is 0 Å². The van der Waals surface area contributed by atoms with Crippen molar-refractivity contribution in [1.82, 2.24) is 4.72 Å². The summed E-state index contributed by atoms with van der Waals surface area (Å²) in [6.07, 6.45) is 0. The first-order valence-electron chi connectivity index (χ1n) is 8.15. The molecule has 0 heterocycles. The maximum Gasteiger partial charge on any atom is 0.268 e. The summed E-state index contributed by atoms with van der Waals surface area (Å²) in [5.41, 5.74) is 1.03. The van der Waals surface area contributed by atoms with E-state index in [-0.39, 0.29) is 22.8 Å². The Labute approximate surface area is 180 Å². The molecular weight excluding hydrogens is 510 g/mol. The summed E-state index contributed by atoms with van der Waals surface area (Å²) in [5.74, 6) is -0.508. The van der Waals surface area contributed by atoms with E-state index in [2.05, 4.69) is 36.6 Å². The molecule has 0 unspecified atom stereocenters. The number of amides is 1. The molecule has 0 aromatic heterocycles. The van der Waals surface area contributed by atoms with Crippen LogP contribution >= 0.6 is 31.9 Å². The van der Waals surface area contributed by atoms with Gasteiger partial charge in [0.05, 0.1) is 10.0 Å². The Morgan fingerprint density at radius 2 is 1.50 bits per heavy atom. The summed E-state index contributed by atoms with van der Waals surface area (Å²) in [4.78, 5) is 12.7. The molecule has 0 aliphatic carbocycles. The van der Waals surface area contributed by atoms with E-state index in [1.165, 1.54) is 12.1 Å². The van der Waals surface area contributed by atoms with Gasteiger partial charge in [0, 0.05) is 4.47 Å². The van der Waals surface area contributed by atoms with Gasteiger partial charge in [0.1, 0.15) is 17.3 Å². The van der Waals surface area contributed by atoms with E-state index in [1.54, 1.807) is 30.3 Å². The fourth-order valence-electron chi connectivity index (χ4n) is 2.46. The van der Waals surface area contributed by atoms with Crippen LogP contribution in [-0.2, 0) is 16.6 Å². The van der Waals surface area contributed by atoms with Gasteiger partial charge in [0.25, 0.3) is 15.9 Å². The number of carbonyl (C=O) groups excluding carboxylic acids is 1. The lowest BCUT2D eigenvalue weighted by molar-refractivity contribution is 0.0977. The first-order chi connectivity index (χ1) is 13.4. The molecule has 0 saturated carbocycles. The number of halogens is 2. The van der Waals surface area contributed by atoms with Gasteiger partial charge in [-0.15, -0.1) is 0 Å². The Hall–Kier alpha value is -2.16. The summed E-state index contributed by atoms with van der Waals surface area (Å²) in [7, 11) is -4.05. The summed E-state index contributed by atoms with van der Waals surface area (Å²) in [6.45, 7) is 0.237. The Kier molecular flexibility index (Phi) is 6.53. The summed E-state index contributed by atoms with van der Waals surface area (Å²) < 4.78 is 34.0. The highest BCUT2D eigenvalue weighted by atomic mass is 79.9. The van der Waals surface area contributed by atoms with Crippen LogP contribution in [0.25, 0.3) is 0 Å². The van der Waals surface area contributed by atoms with Gasteiger partial charge in [-0.2, -0.15) is 0 Å². The standard InChI is InChI=1S/C20H15Br2NO4S/c21-16-10-4-5-12-18(16)28(25,26)23-20(24)15-9-6-11-17(22)19(15)27-13-14-7-2-1-3-8-14/h1-12H,13H2,(H,23,24). The van der Waals surface area contributed by atoms with Crippen LogP contribution in [0, 0.1) is 0 Å². The number of hydrogen-bond donors (Lipinski definition) is 1. The summed E-state index contributed by atoms with van der Waals surface area (Å²) in [5, 5.41) is 0. The average molecular weight is 525 g/mol. The Balaban J connectivity index is 1.86. The number of rotatable bonds is 6. The molecule has 0 bridgehead atoms. The second kappa shape index (κ2) is 8.89. The highest BCUT2D eigenvalue weighted by molar-refractivity contribution is 9.10. The van der Waals surface area contributed by atoms with Crippen molar-refractivity contribution in [2.24, 2.45) is 0 Å². The topological polar surface area (TPSA) is 72.5 Å². The van der Waals surface area contributed by atoms with Crippen LogP contribution in [0.2, 0.25) is 0 Å². The van der Waals surface area contributed by atoms with Crippen molar-refractivity contribution >= 4 is 47.8 Å². The molecule has 144 valence electrons. The smallest absolute Gasteiger partial charge is 0.268 e. The fourth-order valence-corrected chi connectivity index (χ4v) is 4.91. The monoisotopic (exact) mass is 523 g/mol. The minimum atomic E-state index is -4.05. The summed E-state index contributed by atoms with van der Waals surface area (Å²) in [6, 6.07) is 20.6. The molecule has 0 radical (unpaired) electrons. The van der Waals surface area contributed by atoms with Crippen LogP contribution in [0.1, 0.15) is 15.9 Å². The van der Waals surface area contributed by atoms with Gasteiger partial charge in [0.2, 0.25) is 0 Å². The second-order valence-corrected chi connectivity index (χ2v) is 9.12. The van der Waals surface area contributed by atoms with Crippen LogP contribution in [0.5, 0.6) is 5.75 Å². The molecule has 3 aromatic rings. The quantitative estimate of drug-likeness (QED) is 0.497. The zero-order chi connectivity index (χ0) is 20.1. The van der Waals surface area contributed by atoms with Gasteiger partial charge in [-0.3, -0.25) is 4.79 Å². The Morgan fingerprint density at radius 3 is 2.21 bits per heavy atom. The minimum absolute atomic E-state index is 0.0231. The lowest BCUT2D eigenvalue weighted by Crippen LogP contribution is -2.31. The van der Waals surface area contributed by atoms with Crippen molar-refractivity contribution in [3.05, 3.63) is 92.9 Å². The number of para-hydroxylation sites is 1. The third kappa shape index (κ3) is 4.81. The number of carbonyl (C=O) groups is 1. The Morgan fingerprint density at radius 1 is 0.857 bits per heavy atom. The van der Waals surface area contributed by atoms with E-state index in [4.69, 9.17) is 4.74 Å². The normalized spacial score (nSPS) is 11.1. The maximum atomic E-state index is 12.7. The van der Waals surface area contributed by atoms with Crippen LogP contribution in [0.4, 0.5) is 0 Å². The number of nitrogens with one attached hydrogen (secondary N) is 1. The largest absolute Gasteiger partial charge is 0.487 e. The van der Waals surface area contributed by atoms with Gasteiger partial charge in [-0.1, -0.05) is 48.5 Å². The van der Waals surface area contributed by atoms with E-state index in [0.717, 1.165) is 5.56 Å². The highest BCUT2D eigenvalue weighted by Gasteiger charge is 2.24. The number of ether oxygens (including phenoxy) is 1. The van der Waals surface area contributed by atoms with Crippen LogP contribution in [0.15, 0.2) is 86.6 Å². The van der Waals surface area contributed by atoms with Crippen molar-refractivity contribution in [2.45, 2.75) is 11.5 Å². The summed E-state index contributed by atoms with van der Waals surface area (Å²) >= 11 is 6.56. The van der Waals surface area contributed by atoms with E-state index in [0.29, 0.717) is 8.95 Å². The zero-order valence-electron chi connectivity index (χ0n) is 14.4. The molecule has 28 heavy (non-hydrogen) atoms. The third-order valence-electron chi connectivity index (χ3n) is 3.79. The zero-order valence-corrected chi connectivity index (χ0v) is 18.4. The lowest BCUT2D eigenvalue weighted by atomic mass is 10.2. The second-order valence-electron chi connectivity index (χ2n) is 5.76. The molecule has 5 nitrogen and oxygen atoms in total. The molecule has 0 saturated heterocycles. The highest BCUT2D eigenvalue weighted by Crippen LogP contribution is 2.30. The molecule has 1 N–H and O–H groups in total. The van der Waals surface area contributed by atoms with Crippen molar-refractivity contribution in [2.75, 3.05) is 0 Å². The third-order valence-corrected chi connectivity index (χ3v) is 6.76. The van der Waals surface area contributed by atoms with Crippen molar-refractivity contribution < 1.29 is 17.9 Å². The molecule has 0 aliphatic rings. The predicted molar refractivity (Wildman–Crippen MR) is 114 cm³/mol. The molecule has 0 aliphatic heterocycles. The molecule has 8 heteroatoms. The SMILES string of the molecule is O=C(NS(=O)(=O)c1ccccc1Br)c1cccc(Br)c1OCc1ccccc1. The van der Waals surface area contributed by atoms with Crippen LogP contribution < -0.4 is 9.46 Å². The lowest BCUT2D eigenvalue weighted by Gasteiger charge is -2.14. The Bertz CT molecular complexity index is 1100. The molecule has 3 aromatic carbocycles. The van der Waals surface area contributed by atoms with Gasteiger partial charge < -0.3 is 4.74 Å². The van der Waals surface area contributed by atoms with E-state index in [9.17, 15) is 13.2 Å². The average Bonchev–Trinajstić information content (AvgIpc) is 2.67. The van der Waals surface area contributed by atoms with E-state index >= 15 is 0 Å². The van der Waals surface area contributed by atoms with Crippen molar-refractivity contribution in [3.8, 4) is 5.75 Å². The molecule has 3 rings (SSSR count). The molecular formula is C20H15Br2NO4S. The number of hydrogen-bond acceptors (Lipinski definition) is 4. The maximum absolute atomic E-state index is 12.7. The van der Waals surface area contributed by atoms with Gasteiger partial charge >= 0.3 is 0 Å². The first-order valence-corrected chi connectivity index (χ1v) is 11.2. The van der Waals surface area contributed by atoms with E-state index in [1.807, 2.05) is 30.3 Å². The van der Waals surface area contributed by atoms with Crippen molar-refractivity contribution in [1.29, 1.82) is 0 Å². The molecule has 0 atom stereocenters.